The van der Waals surface area contributed by atoms with E-state index in [1.54, 1.807) is 54.6 Å². The van der Waals surface area contributed by atoms with Crippen molar-refractivity contribution in [1.82, 2.24) is 4.98 Å². The smallest absolute Gasteiger partial charge is 0.417 e. The van der Waals surface area contributed by atoms with E-state index in [0.717, 1.165) is 6.07 Å². The molecule has 0 unspecified atom stereocenters. The van der Waals surface area contributed by atoms with Crippen LogP contribution in [0.1, 0.15) is 21.6 Å². The van der Waals surface area contributed by atoms with Crippen molar-refractivity contribution < 1.29 is 22.7 Å². The molecule has 29 heavy (non-hydrogen) atoms. The van der Waals surface area contributed by atoms with E-state index in [2.05, 4.69) is 4.98 Å². The summed E-state index contributed by atoms with van der Waals surface area (Å²) in [7, 11) is 1.45. The molecule has 8 heteroatoms. The van der Waals surface area contributed by atoms with E-state index >= 15 is 0 Å². The minimum absolute atomic E-state index is 0.113. The Morgan fingerprint density at radius 3 is 2.38 bits per heavy atom. The van der Waals surface area contributed by atoms with Crippen molar-refractivity contribution in [2.75, 3.05) is 12.0 Å². The number of methoxy groups -OCH3 is 1. The van der Waals surface area contributed by atoms with Gasteiger partial charge in [0.15, 0.2) is 0 Å². The van der Waals surface area contributed by atoms with Crippen molar-refractivity contribution in [3.05, 3.63) is 88.7 Å². The lowest BCUT2D eigenvalue weighted by atomic mass is 10.1. The summed E-state index contributed by atoms with van der Waals surface area (Å²) in [5.41, 5.74) is 0.0448. The first-order valence-corrected chi connectivity index (χ1v) is 8.90. The maximum absolute atomic E-state index is 13.3. The quantitative estimate of drug-likeness (QED) is 0.539. The van der Waals surface area contributed by atoms with Gasteiger partial charge in [-0.25, -0.2) is 0 Å². The second kappa shape index (κ2) is 8.53. The first-order chi connectivity index (χ1) is 13.8. The molecule has 0 N–H and O–H groups in total. The molecule has 2 aromatic carbocycles. The number of hydrogen-bond acceptors (Lipinski definition) is 3. The van der Waals surface area contributed by atoms with Crippen molar-refractivity contribution in [2.45, 2.75) is 12.7 Å². The third-order valence-electron chi connectivity index (χ3n) is 4.20. The lowest BCUT2D eigenvalue weighted by Crippen LogP contribution is -2.31. The van der Waals surface area contributed by atoms with Crippen LogP contribution in [0, 0.1) is 0 Å². The Morgan fingerprint density at radius 2 is 1.76 bits per heavy atom. The predicted molar refractivity (Wildman–Crippen MR) is 104 cm³/mol. The van der Waals surface area contributed by atoms with Crippen LogP contribution in [0.25, 0.3) is 0 Å². The molecule has 0 bridgehead atoms. The average Bonchev–Trinajstić information content (AvgIpc) is 2.72. The highest BCUT2D eigenvalue weighted by Gasteiger charge is 2.32. The summed E-state index contributed by atoms with van der Waals surface area (Å²) in [6.45, 7) is -0.113. The second-order valence-corrected chi connectivity index (χ2v) is 6.48. The first-order valence-electron chi connectivity index (χ1n) is 8.53. The molecule has 0 saturated heterocycles. The number of carbonyl (C=O) groups excluding carboxylic acids is 1. The summed E-state index contributed by atoms with van der Waals surface area (Å²) in [6.07, 6.45) is -3.85. The van der Waals surface area contributed by atoms with Gasteiger partial charge in [0.1, 0.15) is 5.75 Å². The molecule has 0 spiro atoms. The van der Waals surface area contributed by atoms with Crippen LogP contribution < -0.4 is 9.64 Å². The van der Waals surface area contributed by atoms with Crippen LogP contribution in [0.5, 0.6) is 5.75 Å². The van der Waals surface area contributed by atoms with Crippen LogP contribution in [0.4, 0.5) is 18.9 Å². The number of anilines is 1. The molecule has 0 aliphatic carbocycles. The van der Waals surface area contributed by atoms with Gasteiger partial charge in [-0.3, -0.25) is 9.78 Å². The maximum Gasteiger partial charge on any atom is 0.417 e. The minimum Gasteiger partial charge on any atom is -0.496 e. The van der Waals surface area contributed by atoms with Crippen LogP contribution >= 0.6 is 11.6 Å². The highest BCUT2D eigenvalue weighted by molar-refractivity contribution is 6.31. The monoisotopic (exact) mass is 420 g/mol. The summed E-state index contributed by atoms with van der Waals surface area (Å²) in [4.78, 5) is 18.5. The van der Waals surface area contributed by atoms with Crippen LogP contribution in [-0.4, -0.2) is 18.0 Å². The van der Waals surface area contributed by atoms with Crippen molar-refractivity contribution in [3.63, 3.8) is 0 Å². The topological polar surface area (TPSA) is 42.4 Å². The van der Waals surface area contributed by atoms with Crippen molar-refractivity contribution in [2.24, 2.45) is 0 Å². The molecule has 1 heterocycles. The molecule has 3 aromatic rings. The van der Waals surface area contributed by atoms with Crippen molar-refractivity contribution in [3.8, 4) is 5.75 Å². The number of carbonyl (C=O) groups is 1. The molecule has 3 rings (SSSR count). The van der Waals surface area contributed by atoms with Crippen molar-refractivity contribution in [1.29, 1.82) is 0 Å². The van der Waals surface area contributed by atoms with E-state index in [9.17, 15) is 18.0 Å². The van der Waals surface area contributed by atoms with E-state index in [4.69, 9.17) is 16.3 Å². The Hall–Kier alpha value is -3.06. The van der Waals surface area contributed by atoms with Crippen LogP contribution in [0.2, 0.25) is 5.02 Å². The number of hydrogen-bond donors (Lipinski definition) is 0. The van der Waals surface area contributed by atoms with Crippen LogP contribution in [-0.2, 0) is 12.7 Å². The number of benzene rings is 2. The van der Waals surface area contributed by atoms with E-state index in [-0.39, 0.29) is 17.3 Å². The zero-order valence-electron chi connectivity index (χ0n) is 15.3. The molecule has 1 amide bonds. The van der Waals surface area contributed by atoms with Crippen molar-refractivity contribution >= 4 is 23.2 Å². The molecule has 0 aliphatic rings. The van der Waals surface area contributed by atoms with E-state index in [1.165, 1.54) is 12.0 Å². The Bertz CT molecular complexity index is 1010. The third kappa shape index (κ3) is 4.68. The van der Waals surface area contributed by atoms with Gasteiger partial charge in [-0.1, -0.05) is 41.9 Å². The molecular weight excluding hydrogens is 405 g/mol. The van der Waals surface area contributed by atoms with Crippen LogP contribution in [0.15, 0.2) is 66.9 Å². The van der Waals surface area contributed by atoms with E-state index in [0.29, 0.717) is 23.2 Å². The zero-order chi connectivity index (χ0) is 21.0. The van der Waals surface area contributed by atoms with Gasteiger partial charge in [0, 0.05) is 11.9 Å². The lowest BCUT2D eigenvalue weighted by molar-refractivity contribution is -0.137. The summed E-state index contributed by atoms with van der Waals surface area (Å²) in [5, 5.41) is -0.173. The van der Waals surface area contributed by atoms with Crippen LogP contribution in [0.3, 0.4) is 0 Å². The molecule has 0 radical (unpaired) electrons. The highest BCUT2D eigenvalue weighted by atomic mass is 35.5. The normalized spacial score (nSPS) is 11.2. The molecule has 0 atom stereocenters. The molecule has 0 fully saturated rings. The number of rotatable bonds is 5. The largest absolute Gasteiger partial charge is 0.496 e. The fourth-order valence-corrected chi connectivity index (χ4v) is 2.97. The standard InChI is InChI=1S/C21H16ClF3N2O2/c1-29-19-10-6-5-9-16(19)20(28)27(15-7-3-2-4-8-15)13-18-17(22)11-14(12-26-18)21(23,24)25/h2-12H,13H2,1H3. The van der Waals surface area contributed by atoms with Gasteiger partial charge in [0.2, 0.25) is 0 Å². The summed E-state index contributed by atoms with van der Waals surface area (Å²) >= 11 is 6.05. The number of aromatic nitrogens is 1. The molecule has 0 saturated carbocycles. The van der Waals surface area contributed by atoms with Gasteiger partial charge in [0.25, 0.3) is 5.91 Å². The summed E-state index contributed by atoms with van der Waals surface area (Å²) in [5.74, 6) is -0.0173. The molecule has 0 aliphatic heterocycles. The lowest BCUT2D eigenvalue weighted by Gasteiger charge is -2.24. The maximum atomic E-state index is 13.3. The first kappa shape index (κ1) is 20.7. The molecule has 4 nitrogen and oxygen atoms in total. The number of alkyl halides is 3. The van der Waals surface area contributed by atoms with Gasteiger partial charge >= 0.3 is 6.18 Å². The third-order valence-corrected chi connectivity index (χ3v) is 4.53. The molecule has 1 aromatic heterocycles. The number of nitrogens with zero attached hydrogens (tertiary/aromatic N) is 2. The Labute approximate surface area is 170 Å². The SMILES string of the molecule is COc1ccccc1C(=O)N(Cc1ncc(C(F)(F)F)cc1Cl)c1ccccc1. The molecule has 150 valence electrons. The predicted octanol–water partition coefficient (Wildman–Crippen LogP) is 5.61. The number of halogens is 4. The number of ether oxygens (including phenoxy) is 1. The Balaban J connectivity index is 2.01. The zero-order valence-corrected chi connectivity index (χ0v) is 16.0. The second-order valence-electron chi connectivity index (χ2n) is 6.08. The van der Waals surface area contributed by atoms with E-state index < -0.39 is 17.6 Å². The fraction of sp³-hybridized carbons (Fsp3) is 0.143. The van der Waals surface area contributed by atoms with Gasteiger partial charge < -0.3 is 9.64 Å². The highest BCUT2D eigenvalue weighted by Crippen LogP contribution is 2.32. The minimum atomic E-state index is -4.55. The van der Waals surface area contributed by atoms with Gasteiger partial charge in [-0.15, -0.1) is 0 Å². The summed E-state index contributed by atoms with van der Waals surface area (Å²) in [6, 6.07) is 16.2. The average molecular weight is 421 g/mol. The number of pyridine rings is 1. The molecular formula is C21H16ClF3N2O2. The fourth-order valence-electron chi connectivity index (χ4n) is 2.74. The van der Waals surface area contributed by atoms with E-state index in [1.807, 2.05) is 0 Å². The number of amides is 1. The Morgan fingerprint density at radius 1 is 1.10 bits per heavy atom. The van der Waals surface area contributed by atoms with Gasteiger partial charge in [-0.2, -0.15) is 13.2 Å². The van der Waals surface area contributed by atoms with Gasteiger partial charge in [0.05, 0.1) is 35.5 Å². The summed E-state index contributed by atoms with van der Waals surface area (Å²) < 4.78 is 43.9. The van der Waals surface area contributed by atoms with Gasteiger partial charge in [-0.05, 0) is 30.3 Å². The number of para-hydroxylation sites is 2. The Kier molecular flexibility index (Phi) is 6.08.